The van der Waals surface area contributed by atoms with Gasteiger partial charge in [-0.2, -0.15) is 5.26 Å². The summed E-state index contributed by atoms with van der Waals surface area (Å²) in [5.41, 5.74) is 0. The van der Waals surface area contributed by atoms with Crippen LogP contribution in [0.5, 0.6) is 0 Å². The highest BCUT2D eigenvalue weighted by atomic mass is 32.1. The molecule has 0 saturated carbocycles. The van der Waals surface area contributed by atoms with Gasteiger partial charge >= 0.3 is 0 Å². The van der Waals surface area contributed by atoms with E-state index >= 15 is 0 Å². The highest BCUT2D eigenvalue weighted by molar-refractivity contribution is 7.11. The Labute approximate surface area is 110 Å². The van der Waals surface area contributed by atoms with Crippen LogP contribution in [0.25, 0.3) is 0 Å². The fourth-order valence-electron chi connectivity index (χ4n) is 1.70. The van der Waals surface area contributed by atoms with Gasteiger partial charge in [0.25, 0.3) is 0 Å². The van der Waals surface area contributed by atoms with Gasteiger partial charge in [0.2, 0.25) is 5.76 Å². The summed E-state index contributed by atoms with van der Waals surface area (Å²) in [6.45, 7) is 3.65. The Hall–Kier alpha value is -1.64. The van der Waals surface area contributed by atoms with Crippen molar-refractivity contribution in [3.8, 4) is 6.07 Å². The van der Waals surface area contributed by atoms with E-state index in [4.69, 9.17) is 9.68 Å². The Morgan fingerprint density at radius 3 is 2.89 bits per heavy atom. The summed E-state index contributed by atoms with van der Waals surface area (Å²) in [5, 5.41) is 9.86. The zero-order chi connectivity index (χ0) is 13.0. The van der Waals surface area contributed by atoms with E-state index in [9.17, 15) is 0 Å². The van der Waals surface area contributed by atoms with Gasteiger partial charge in [-0.1, -0.05) is 6.92 Å². The van der Waals surface area contributed by atoms with Crippen molar-refractivity contribution in [1.82, 2.24) is 9.88 Å². The van der Waals surface area contributed by atoms with Crippen LogP contribution in [0.3, 0.4) is 0 Å². The number of nitrogens with zero attached hydrogens (tertiary/aromatic N) is 3. The third-order valence-electron chi connectivity index (χ3n) is 2.53. The minimum Gasteiger partial charge on any atom is -0.449 e. The summed E-state index contributed by atoms with van der Waals surface area (Å²) in [6, 6.07) is 5.53. The van der Waals surface area contributed by atoms with Gasteiger partial charge < -0.3 is 4.42 Å². The predicted octanol–water partition coefficient (Wildman–Crippen LogP) is 2.80. The number of thiazole rings is 1. The molecular weight excluding hydrogens is 246 g/mol. The number of aryl methyl sites for hydroxylation is 1. The summed E-state index contributed by atoms with van der Waals surface area (Å²) < 4.78 is 5.35. The first-order valence-electron chi connectivity index (χ1n) is 5.82. The third-order valence-corrected chi connectivity index (χ3v) is 3.65. The highest BCUT2D eigenvalue weighted by Crippen LogP contribution is 2.16. The standard InChI is InChI=1S/C13H15N3OS/c1-3-13-15-7-12(18-13)9-16(2)8-11-5-4-10(6-14)17-11/h4-5,7H,3,8-9H2,1-2H3. The zero-order valence-electron chi connectivity index (χ0n) is 10.5. The van der Waals surface area contributed by atoms with E-state index in [1.54, 1.807) is 17.4 Å². The maximum Gasteiger partial charge on any atom is 0.203 e. The minimum atomic E-state index is 0.365. The molecule has 0 radical (unpaired) electrons. The molecule has 0 unspecified atom stereocenters. The van der Waals surface area contributed by atoms with Crippen molar-refractivity contribution in [2.75, 3.05) is 7.05 Å². The van der Waals surface area contributed by atoms with Gasteiger partial charge in [-0.15, -0.1) is 11.3 Å². The van der Waals surface area contributed by atoms with E-state index in [1.165, 1.54) is 9.88 Å². The van der Waals surface area contributed by atoms with Gasteiger partial charge in [0, 0.05) is 17.6 Å². The van der Waals surface area contributed by atoms with Crippen molar-refractivity contribution < 1.29 is 4.42 Å². The molecule has 5 heteroatoms. The lowest BCUT2D eigenvalue weighted by molar-refractivity contribution is 0.289. The fourth-order valence-corrected chi connectivity index (χ4v) is 2.64. The summed E-state index contributed by atoms with van der Waals surface area (Å²) >= 11 is 1.75. The normalized spacial score (nSPS) is 10.8. The lowest BCUT2D eigenvalue weighted by atomic mass is 10.4. The van der Waals surface area contributed by atoms with E-state index in [-0.39, 0.29) is 0 Å². The lowest BCUT2D eigenvalue weighted by Gasteiger charge is -2.13. The molecule has 18 heavy (non-hydrogen) atoms. The number of hydrogen-bond acceptors (Lipinski definition) is 5. The second kappa shape index (κ2) is 5.80. The second-order valence-electron chi connectivity index (χ2n) is 4.12. The van der Waals surface area contributed by atoms with Crippen LogP contribution in [-0.2, 0) is 19.5 Å². The molecule has 0 saturated heterocycles. The highest BCUT2D eigenvalue weighted by Gasteiger charge is 2.08. The van der Waals surface area contributed by atoms with Gasteiger partial charge in [-0.3, -0.25) is 4.90 Å². The van der Waals surface area contributed by atoms with Crippen LogP contribution in [0.15, 0.2) is 22.7 Å². The van der Waals surface area contributed by atoms with E-state index in [0.29, 0.717) is 12.3 Å². The van der Waals surface area contributed by atoms with Gasteiger partial charge in [0.15, 0.2) is 0 Å². The van der Waals surface area contributed by atoms with E-state index in [2.05, 4.69) is 16.8 Å². The molecule has 2 rings (SSSR count). The molecule has 0 aliphatic rings. The monoisotopic (exact) mass is 261 g/mol. The largest absolute Gasteiger partial charge is 0.449 e. The number of nitriles is 1. The van der Waals surface area contributed by atoms with Crippen molar-refractivity contribution in [2.45, 2.75) is 26.4 Å². The van der Waals surface area contributed by atoms with Gasteiger partial charge in [0.1, 0.15) is 11.8 Å². The van der Waals surface area contributed by atoms with Crippen LogP contribution in [-0.4, -0.2) is 16.9 Å². The van der Waals surface area contributed by atoms with Crippen LogP contribution >= 0.6 is 11.3 Å². The molecular formula is C13H15N3OS. The van der Waals surface area contributed by atoms with Crippen LogP contribution in [0.1, 0.15) is 28.3 Å². The van der Waals surface area contributed by atoms with Crippen LogP contribution in [0.2, 0.25) is 0 Å². The first-order valence-corrected chi connectivity index (χ1v) is 6.64. The SMILES string of the molecule is CCc1ncc(CN(C)Cc2ccc(C#N)o2)s1. The van der Waals surface area contributed by atoms with Crippen LogP contribution in [0.4, 0.5) is 0 Å². The second-order valence-corrected chi connectivity index (χ2v) is 5.32. The molecule has 0 aromatic carbocycles. The number of aromatic nitrogens is 1. The molecule has 94 valence electrons. The van der Waals surface area contributed by atoms with Crippen molar-refractivity contribution >= 4 is 11.3 Å². The van der Waals surface area contributed by atoms with Crippen LogP contribution < -0.4 is 0 Å². The smallest absolute Gasteiger partial charge is 0.203 e. The van der Waals surface area contributed by atoms with E-state index < -0.39 is 0 Å². The van der Waals surface area contributed by atoms with E-state index in [0.717, 1.165) is 18.7 Å². The first kappa shape index (κ1) is 12.8. The molecule has 2 aromatic heterocycles. The molecule has 0 atom stereocenters. The Morgan fingerprint density at radius 2 is 2.28 bits per heavy atom. The summed E-state index contributed by atoms with van der Waals surface area (Å²) in [6.07, 6.45) is 2.92. The quantitative estimate of drug-likeness (QED) is 0.830. The molecule has 0 aliphatic heterocycles. The molecule has 0 fully saturated rings. The minimum absolute atomic E-state index is 0.365. The van der Waals surface area contributed by atoms with Crippen molar-refractivity contribution in [3.05, 3.63) is 39.7 Å². The van der Waals surface area contributed by atoms with Crippen molar-refractivity contribution in [1.29, 1.82) is 5.26 Å². The summed E-state index contributed by atoms with van der Waals surface area (Å²) in [4.78, 5) is 7.73. The molecule has 0 N–H and O–H groups in total. The maximum atomic E-state index is 8.69. The van der Waals surface area contributed by atoms with Gasteiger partial charge in [0.05, 0.1) is 11.6 Å². The first-order chi connectivity index (χ1) is 8.71. The van der Waals surface area contributed by atoms with Gasteiger partial charge in [-0.25, -0.2) is 4.98 Å². The Balaban J connectivity index is 1.92. The fraction of sp³-hybridized carbons (Fsp3) is 0.385. The molecule has 0 amide bonds. The topological polar surface area (TPSA) is 53.1 Å². The number of rotatable bonds is 5. The maximum absolute atomic E-state index is 8.69. The van der Waals surface area contributed by atoms with Crippen LogP contribution in [0, 0.1) is 11.3 Å². The average molecular weight is 261 g/mol. The van der Waals surface area contributed by atoms with Crippen molar-refractivity contribution in [3.63, 3.8) is 0 Å². The van der Waals surface area contributed by atoms with E-state index in [1.807, 2.05) is 25.4 Å². The Kier molecular flexibility index (Phi) is 4.13. The summed E-state index contributed by atoms with van der Waals surface area (Å²) in [5.74, 6) is 1.18. The Morgan fingerprint density at radius 1 is 1.44 bits per heavy atom. The van der Waals surface area contributed by atoms with Crippen molar-refractivity contribution in [2.24, 2.45) is 0 Å². The molecule has 0 bridgehead atoms. The third kappa shape index (κ3) is 3.19. The number of hydrogen-bond donors (Lipinski definition) is 0. The lowest BCUT2D eigenvalue weighted by Crippen LogP contribution is -2.16. The zero-order valence-corrected chi connectivity index (χ0v) is 11.3. The molecule has 0 spiro atoms. The summed E-state index contributed by atoms with van der Waals surface area (Å²) in [7, 11) is 2.03. The number of furan rings is 1. The Bertz CT molecular complexity index is 553. The predicted molar refractivity (Wildman–Crippen MR) is 70.1 cm³/mol. The molecule has 2 aromatic rings. The molecule has 0 aliphatic carbocycles. The van der Waals surface area contributed by atoms with Gasteiger partial charge in [-0.05, 0) is 25.6 Å². The molecule has 4 nitrogen and oxygen atoms in total. The molecule has 2 heterocycles. The average Bonchev–Trinajstić information content (AvgIpc) is 2.98.